The number of hydrogen-bond acceptors (Lipinski definition) is 0. The van der Waals surface area contributed by atoms with Crippen LogP contribution >= 0.6 is 143 Å². The Morgan fingerprint density at radius 1 is 0.737 bits per heavy atom. The zero-order chi connectivity index (χ0) is 15.1. The predicted octanol–water partition coefficient (Wildman–Crippen LogP) is 8.24. The molecule has 0 aliphatic carbocycles. The summed E-state index contributed by atoms with van der Waals surface area (Å²) in [4.78, 5) is 0. The molecule has 19 heavy (non-hydrogen) atoms. The Balaban J connectivity index is 3.34. The first kappa shape index (κ1) is 20.6. The molecule has 0 aliphatic heterocycles. The molecule has 0 bridgehead atoms. The van der Waals surface area contributed by atoms with Crippen LogP contribution in [0.2, 0.25) is 0 Å². The third-order valence-electron chi connectivity index (χ3n) is 2.19. The van der Waals surface area contributed by atoms with Gasteiger partial charge in [0.25, 0.3) is 0 Å². The van der Waals surface area contributed by atoms with Crippen LogP contribution in [-0.4, -0.2) is 8.61 Å². The second-order valence-corrected chi connectivity index (χ2v) is 20.6. The Morgan fingerprint density at radius 2 is 1.26 bits per heavy atom. The van der Waals surface area contributed by atoms with Crippen LogP contribution in [0.4, 0.5) is 0 Å². The van der Waals surface area contributed by atoms with Crippen molar-refractivity contribution >= 4 is 143 Å². The van der Waals surface area contributed by atoms with Gasteiger partial charge in [0.05, 0.1) is 0 Å². The first-order valence-electron chi connectivity index (χ1n) is 4.53. The minimum absolute atomic E-state index is 0.630. The normalized spacial score (nSPS) is 14.6. The predicted molar refractivity (Wildman–Crippen MR) is 115 cm³/mol. The molecule has 0 nitrogen and oxygen atoms in total. The summed E-state index contributed by atoms with van der Waals surface area (Å²) in [7, 11) is 0. The molecular formula is C10H4Br9. The highest BCUT2D eigenvalue weighted by atomic mass is 80.0. The van der Waals surface area contributed by atoms with Gasteiger partial charge in [0.1, 0.15) is 9.70 Å². The number of hydrogen-bond donors (Lipinski definition) is 0. The van der Waals surface area contributed by atoms with E-state index in [1.54, 1.807) is 0 Å². The highest BCUT2D eigenvalue weighted by Gasteiger charge is 2.65. The molecular weight excluding hydrogens is 839 g/mol. The Kier molecular flexibility index (Phi) is 7.79. The van der Waals surface area contributed by atoms with Gasteiger partial charge in [-0.05, 0) is 11.6 Å². The van der Waals surface area contributed by atoms with Gasteiger partial charge in [0, 0.05) is 0 Å². The van der Waals surface area contributed by atoms with Crippen molar-refractivity contribution in [1.29, 1.82) is 0 Å². The molecule has 1 rings (SSSR count). The highest BCUT2D eigenvalue weighted by Crippen LogP contribution is 2.70. The molecule has 0 atom stereocenters. The molecule has 1 radical (unpaired) electrons. The first-order valence-corrected chi connectivity index (χ1v) is 11.7. The summed E-state index contributed by atoms with van der Waals surface area (Å²) in [6.07, 6.45) is 0. The summed E-state index contributed by atoms with van der Waals surface area (Å²) < 4.78 is -2.67. The lowest BCUT2D eigenvalue weighted by Gasteiger charge is -2.47. The molecule has 0 N–H and O–H groups in total. The van der Waals surface area contributed by atoms with Crippen LogP contribution < -0.4 is 0 Å². The van der Waals surface area contributed by atoms with Gasteiger partial charge < -0.3 is 0 Å². The maximum Gasteiger partial charge on any atom is 0.162 e. The van der Waals surface area contributed by atoms with Crippen molar-refractivity contribution in [1.82, 2.24) is 0 Å². The van der Waals surface area contributed by atoms with Crippen LogP contribution in [-0.2, 0) is 3.23 Å². The van der Waals surface area contributed by atoms with Gasteiger partial charge >= 0.3 is 0 Å². The number of halogens is 9. The summed E-state index contributed by atoms with van der Waals surface area (Å²) in [5.74, 6) is 0. The molecule has 0 amide bonds. The lowest BCUT2D eigenvalue weighted by atomic mass is 10.1. The SMILES string of the molecule is BrC(Br)(Br)C(Br)(Br)C(Br)(Br)C(Br)(Br)c1[c]cccc1. The molecule has 0 fully saturated rings. The molecule has 0 saturated heterocycles. The van der Waals surface area contributed by atoms with Gasteiger partial charge in [-0.1, -0.05) is 168 Å². The van der Waals surface area contributed by atoms with Crippen molar-refractivity contribution in [2.45, 2.75) is 11.8 Å². The van der Waals surface area contributed by atoms with Crippen molar-refractivity contribution in [2.24, 2.45) is 0 Å². The van der Waals surface area contributed by atoms with Crippen molar-refractivity contribution in [3.05, 3.63) is 35.9 Å². The molecule has 1 aromatic carbocycles. The maximum absolute atomic E-state index is 3.72. The molecule has 0 spiro atoms. The first-order chi connectivity index (χ1) is 8.36. The third kappa shape index (κ3) is 4.15. The summed E-state index contributed by atoms with van der Waals surface area (Å²) in [6, 6.07) is 10.9. The van der Waals surface area contributed by atoms with E-state index < -0.39 is 11.8 Å². The third-order valence-corrected chi connectivity index (χ3v) is 18.2. The summed E-state index contributed by atoms with van der Waals surface area (Å²) in [6.45, 7) is 0. The van der Waals surface area contributed by atoms with Gasteiger partial charge in [0.15, 0.2) is 2.14 Å². The Bertz CT molecular complexity index is 432. The van der Waals surface area contributed by atoms with E-state index in [-0.39, 0.29) is 0 Å². The second-order valence-electron chi connectivity index (χ2n) is 3.50. The van der Waals surface area contributed by atoms with E-state index in [2.05, 4.69) is 149 Å². The van der Waals surface area contributed by atoms with Gasteiger partial charge in [-0.25, -0.2) is 0 Å². The second kappa shape index (κ2) is 7.19. The molecule has 107 valence electrons. The van der Waals surface area contributed by atoms with Gasteiger partial charge in [-0.15, -0.1) is 0 Å². The number of rotatable bonds is 3. The molecule has 9 heteroatoms. The largest absolute Gasteiger partial charge is 0.162 e. The van der Waals surface area contributed by atoms with Gasteiger partial charge in [-0.2, -0.15) is 0 Å². The van der Waals surface area contributed by atoms with Crippen LogP contribution in [0.5, 0.6) is 0 Å². The molecule has 0 heterocycles. The standard InChI is InChI=1S/C10H4Br9/c11-7(12,6-4-2-1-3-5-6)8(13,14)9(15,16)10(17,18)19/h1-4H. The van der Waals surface area contributed by atoms with E-state index >= 15 is 0 Å². The van der Waals surface area contributed by atoms with E-state index in [1.165, 1.54) is 0 Å². The minimum atomic E-state index is -0.700. The quantitative estimate of drug-likeness (QED) is 0.269. The average Bonchev–Trinajstić information content (AvgIpc) is 2.28. The fourth-order valence-corrected chi connectivity index (χ4v) is 7.39. The number of benzene rings is 1. The lowest BCUT2D eigenvalue weighted by molar-refractivity contribution is 0.734. The van der Waals surface area contributed by atoms with Crippen LogP contribution in [0.1, 0.15) is 5.56 Å². The molecule has 0 aromatic heterocycles. The van der Waals surface area contributed by atoms with E-state index in [0.29, 0.717) is 0 Å². The molecule has 0 unspecified atom stereocenters. The van der Waals surface area contributed by atoms with Crippen LogP contribution in [0, 0.1) is 6.07 Å². The van der Waals surface area contributed by atoms with Gasteiger partial charge in [-0.3, -0.25) is 0 Å². The summed E-state index contributed by atoms with van der Waals surface area (Å²) >= 11 is 32.8. The summed E-state index contributed by atoms with van der Waals surface area (Å²) in [5, 5.41) is 0. The Hall–Kier alpha value is 3.54. The molecule has 0 aliphatic rings. The van der Waals surface area contributed by atoms with E-state index in [0.717, 1.165) is 5.56 Å². The van der Waals surface area contributed by atoms with Crippen molar-refractivity contribution in [3.63, 3.8) is 0 Å². The van der Waals surface area contributed by atoms with E-state index in [4.69, 9.17) is 0 Å². The van der Waals surface area contributed by atoms with Crippen LogP contribution in [0.15, 0.2) is 24.3 Å². The smallest absolute Gasteiger partial charge is 0.0672 e. The monoisotopic (exact) mass is 834 g/mol. The average molecular weight is 843 g/mol. The van der Waals surface area contributed by atoms with Crippen LogP contribution in [0.25, 0.3) is 0 Å². The van der Waals surface area contributed by atoms with E-state index in [1.807, 2.05) is 24.3 Å². The minimum Gasteiger partial charge on any atom is -0.0672 e. The van der Waals surface area contributed by atoms with Crippen molar-refractivity contribution in [2.75, 3.05) is 0 Å². The fraction of sp³-hybridized carbons (Fsp3) is 0.400. The van der Waals surface area contributed by atoms with Crippen molar-refractivity contribution in [3.8, 4) is 0 Å². The fourth-order valence-electron chi connectivity index (χ4n) is 1.13. The lowest BCUT2D eigenvalue weighted by Crippen LogP contribution is -2.52. The topological polar surface area (TPSA) is 0 Å². The molecule has 0 saturated carbocycles. The Morgan fingerprint density at radius 3 is 1.63 bits per heavy atom. The van der Waals surface area contributed by atoms with Crippen molar-refractivity contribution < 1.29 is 0 Å². The zero-order valence-electron chi connectivity index (χ0n) is 8.71. The summed E-state index contributed by atoms with van der Waals surface area (Å²) in [5.41, 5.74) is 0.920. The van der Waals surface area contributed by atoms with Crippen LogP contribution in [0.3, 0.4) is 0 Å². The van der Waals surface area contributed by atoms with E-state index in [9.17, 15) is 0 Å². The highest BCUT2D eigenvalue weighted by molar-refractivity contribution is 9.42. The van der Waals surface area contributed by atoms with Gasteiger partial charge in [0.2, 0.25) is 0 Å². The zero-order valence-corrected chi connectivity index (χ0v) is 23.0. The Labute approximate surface area is 188 Å². The maximum atomic E-state index is 3.72. The molecule has 1 aromatic rings. The number of alkyl halides is 9.